The first-order valence-electron chi connectivity index (χ1n) is 3.09. The molecule has 0 aliphatic rings. The predicted molar refractivity (Wildman–Crippen MR) is 46.5 cm³/mol. The maximum absolute atomic E-state index is 8.74. The Kier molecular flexibility index (Phi) is 2.65. The molecule has 11 heavy (non-hydrogen) atoms. The summed E-state index contributed by atoms with van der Waals surface area (Å²) >= 11 is 3.20. The van der Waals surface area contributed by atoms with Gasteiger partial charge in [-0.25, -0.2) is 4.98 Å². The number of hydrogen-bond donors (Lipinski definition) is 2. The molecule has 2 N–H and O–H groups in total. The number of pyridine rings is 1. The number of aromatic nitrogens is 1. The predicted octanol–water partition coefficient (Wildman–Crippen LogP) is -0.168. The molecule has 0 bridgehead atoms. The highest BCUT2D eigenvalue weighted by molar-refractivity contribution is 9.10. The van der Waals surface area contributed by atoms with Crippen molar-refractivity contribution in [1.82, 2.24) is 4.98 Å². The minimum absolute atomic E-state index is 0.408. The van der Waals surface area contributed by atoms with Crippen molar-refractivity contribution in [3.05, 3.63) is 22.4 Å². The van der Waals surface area contributed by atoms with Gasteiger partial charge in [-0.05, 0) is 28.4 Å². The van der Waals surface area contributed by atoms with Crippen LogP contribution in [0.1, 0.15) is 5.56 Å². The van der Waals surface area contributed by atoms with Gasteiger partial charge in [0.1, 0.15) is 4.60 Å². The lowest BCUT2D eigenvalue weighted by Gasteiger charge is -2.00. The first kappa shape index (κ1) is 8.71. The van der Waals surface area contributed by atoms with Crippen LogP contribution >= 0.6 is 15.9 Å². The van der Waals surface area contributed by atoms with E-state index in [9.17, 15) is 0 Å². The summed E-state index contributed by atoms with van der Waals surface area (Å²) in [5.74, 6) is 0. The van der Waals surface area contributed by atoms with Crippen LogP contribution in [0.5, 0.6) is 0 Å². The van der Waals surface area contributed by atoms with Crippen LogP contribution in [0, 0.1) is 6.92 Å². The second kappa shape index (κ2) is 3.34. The minimum atomic E-state index is -1.44. The summed E-state index contributed by atoms with van der Waals surface area (Å²) in [4.78, 5) is 3.90. The second-order valence-electron chi connectivity index (χ2n) is 2.25. The van der Waals surface area contributed by atoms with Crippen LogP contribution < -0.4 is 5.46 Å². The maximum Gasteiger partial charge on any atom is 0.490 e. The molecule has 0 amide bonds. The average Bonchev–Trinajstić information content (AvgIpc) is 1.94. The number of halogens is 1. The van der Waals surface area contributed by atoms with Gasteiger partial charge in [0.2, 0.25) is 0 Å². The van der Waals surface area contributed by atoms with E-state index in [1.807, 2.05) is 6.92 Å². The molecule has 0 aromatic carbocycles. The number of hydrogen-bond acceptors (Lipinski definition) is 3. The van der Waals surface area contributed by atoms with Gasteiger partial charge in [-0.1, -0.05) is 6.07 Å². The molecule has 1 aromatic rings. The van der Waals surface area contributed by atoms with Crippen molar-refractivity contribution in [2.24, 2.45) is 0 Å². The van der Waals surface area contributed by atoms with E-state index in [0.717, 1.165) is 10.2 Å². The summed E-state index contributed by atoms with van der Waals surface area (Å²) in [6.07, 6.45) is 1.42. The molecule has 0 spiro atoms. The second-order valence-corrected chi connectivity index (χ2v) is 3.00. The average molecular weight is 216 g/mol. The van der Waals surface area contributed by atoms with Crippen molar-refractivity contribution in [1.29, 1.82) is 0 Å². The summed E-state index contributed by atoms with van der Waals surface area (Å²) < 4.78 is 0.724. The Bertz CT molecular complexity index is 267. The van der Waals surface area contributed by atoms with Gasteiger partial charge in [0.05, 0.1) is 0 Å². The molecule has 3 nitrogen and oxygen atoms in total. The highest BCUT2D eigenvalue weighted by Gasteiger charge is 2.11. The van der Waals surface area contributed by atoms with Crippen molar-refractivity contribution in [2.45, 2.75) is 6.92 Å². The Balaban J connectivity index is 3.05. The zero-order valence-electron chi connectivity index (χ0n) is 5.95. The molecule has 0 saturated heterocycles. The lowest BCUT2D eigenvalue weighted by atomic mass is 9.81. The largest absolute Gasteiger partial charge is 0.490 e. The van der Waals surface area contributed by atoms with E-state index in [2.05, 4.69) is 20.9 Å². The normalized spacial score (nSPS) is 9.82. The third-order valence-corrected chi connectivity index (χ3v) is 2.16. The van der Waals surface area contributed by atoms with Gasteiger partial charge in [0.15, 0.2) is 0 Å². The zero-order valence-corrected chi connectivity index (χ0v) is 7.54. The van der Waals surface area contributed by atoms with Gasteiger partial charge in [-0.3, -0.25) is 0 Å². The molecule has 0 fully saturated rings. The van der Waals surface area contributed by atoms with E-state index in [0.29, 0.717) is 5.46 Å². The smallest absolute Gasteiger partial charge is 0.423 e. The Morgan fingerprint density at radius 2 is 2.18 bits per heavy atom. The molecular weight excluding hydrogens is 209 g/mol. The lowest BCUT2D eigenvalue weighted by Crippen LogP contribution is -2.30. The third-order valence-electron chi connectivity index (χ3n) is 1.33. The van der Waals surface area contributed by atoms with E-state index < -0.39 is 7.12 Å². The van der Waals surface area contributed by atoms with Crippen LogP contribution in [0.4, 0.5) is 0 Å². The van der Waals surface area contributed by atoms with Crippen molar-refractivity contribution in [3.8, 4) is 0 Å². The van der Waals surface area contributed by atoms with Crippen LogP contribution in [0.3, 0.4) is 0 Å². The fourth-order valence-corrected chi connectivity index (χ4v) is 0.938. The minimum Gasteiger partial charge on any atom is -0.423 e. The van der Waals surface area contributed by atoms with Crippen LogP contribution in [0.15, 0.2) is 16.9 Å². The molecule has 1 aromatic heterocycles. The fourth-order valence-electron chi connectivity index (χ4n) is 0.721. The van der Waals surface area contributed by atoms with Gasteiger partial charge in [0.25, 0.3) is 0 Å². The Labute approximate surface area is 73.4 Å². The standard InChI is InChI=1S/C6H7BBrNO2/c1-4-2-5(7(10)11)3-9-6(4)8/h2-3,10-11H,1H3. The number of rotatable bonds is 1. The van der Waals surface area contributed by atoms with E-state index in [-0.39, 0.29) is 0 Å². The Hall–Kier alpha value is -0.385. The van der Waals surface area contributed by atoms with Crippen LogP contribution in [0.2, 0.25) is 0 Å². The van der Waals surface area contributed by atoms with Crippen LogP contribution in [-0.2, 0) is 0 Å². The van der Waals surface area contributed by atoms with E-state index >= 15 is 0 Å². The molecule has 0 aliphatic carbocycles. The van der Waals surface area contributed by atoms with Crippen molar-refractivity contribution >= 4 is 28.5 Å². The number of nitrogens with zero attached hydrogens (tertiary/aromatic N) is 1. The van der Waals surface area contributed by atoms with E-state index in [4.69, 9.17) is 10.0 Å². The molecule has 5 heteroatoms. The van der Waals surface area contributed by atoms with Gasteiger partial charge >= 0.3 is 7.12 Å². The third kappa shape index (κ3) is 2.02. The highest BCUT2D eigenvalue weighted by atomic mass is 79.9. The Morgan fingerprint density at radius 1 is 1.55 bits per heavy atom. The molecule has 0 atom stereocenters. The highest BCUT2D eigenvalue weighted by Crippen LogP contribution is 2.08. The number of aryl methyl sites for hydroxylation is 1. The van der Waals surface area contributed by atoms with E-state index in [1.54, 1.807) is 6.07 Å². The van der Waals surface area contributed by atoms with Crippen LogP contribution in [-0.4, -0.2) is 22.2 Å². The summed E-state index contributed by atoms with van der Waals surface area (Å²) in [6.45, 7) is 1.84. The monoisotopic (exact) mass is 215 g/mol. The summed E-state index contributed by atoms with van der Waals surface area (Å²) in [5, 5.41) is 17.5. The molecule has 0 radical (unpaired) electrons. The van der Waals surface area contributed by atoms with Crippen molar-refractivity contribution in [2.75, 3.05) is 0 Å². The van der Waals surface area contributed by atoms with Gasteiger partial charge in [-0.2, -0.15) is 0 Å². The molecular formula is C6H7BBrNO2. The van der Waals surface area contributed by atoms with E-state index in [1.165, 1.54) is 6.20 Å². The van der Waals surface area contributed by atoms with Crippen molar-refractivity contribution < 1.29 is 10.0 Å². The van der Waals surface area contributed by atoms with Gasteiger partial charge in [0, 0.05) is 11.7 Å². The van der Waals surface area contributed by atoms with Gasteiger partial charge in [-0.15, -0.1) is 0 Å². The maximum atomic E-state index is 8.74. The van der Waals surface area contributed by atoms with Crippen LogP contribution in [0.25, 0.3) is 0 Å². The first-order valence-corrected chi connectivity index (χ1v) is 3.88. The molecule has 1 rings (SSSR count). The molecule has 1 heterocycles. The SMILES string of the molecule is Cc1cc(B(O)O)cnc1Br. The fraction of sp³-hybridized carbons (Fsp3) is 0.167. The molecule has 0 unspecified atom stereocenters. The first-order chi connectivity index (χ1) is 5.11. The zero-order chi connectivity index (χ0) is 8.43. The van der Waals surface area contributed by atoms with Gasteiger partial charge < -0.3 is 10.0 Å². The molecule has 0 saturated carbocycles. The molecule has 58 valence electrons. The quantitative estimate of drug-likeness (QED) is 0.506. The Morgan fingerprint density at radius 3 is 2.64 bits per heavy atom. The molecule has 0 aliphatic heterocycles. The summed E-state index contributed by atoms with van der Waals surface area (Å²) in [7, 11) is -1.44. The van der Waals surface area contributed by atoms with Crippen molar-refractivity contribution in [3.63, 3.8) is 0 Å². The summed E-state index contributed by atoms with van der Waals surface area (Å²) in [5.41, 5.74) is 1.29. The lowest BCUT2D eigenvalue weighted by molar-refractivity contribution is 0.425. The summed E-state index contributed by atoms with van der Waals surface area (Å²) in [6, 6.07) is 1.67. The topological polar surface area (TPSA) is 53.4 Å².